The Morgan fingerprint density at radius 1 is 0.743 bits per heavy atom. The molecule has 0 heterocycles. The number of hydrogen-bond donors (Lipinski definition) is 2. The van der Waals surface area contributed by atoms with E-state index in [1.54, 1.807) is 0 Å². The first kappa shape index (κ1) is 33.1. The molecular weight excluding hydrogens is 442 g/mol. The molecule has 204 valence electrons. The molecule has 0 aromatic heterocycles. The van der Waals surface area contributed by atoms with Crippen LogP contribution in [0.1, 0.15) is 142 Å². The van der Waals surface area contributed by atoms with Crippen LogP contribution < -0.4 is 5.32 Å². The predicted molar refractivity (Wildman–Crippen MR) is 143 cm³/mol. The molecule has 0 aliphatic carbocycles. The summed E-state index contributed by atoms with van der Waals surface area (Å²) in [5.74, 6) is -1.34. The first-order valence-electron chi connectivity index (χ1n) is 14.3. The summed E-state index contributed by atoms with van der Waals surface area (Å²) < 4.78 is 5.74. The van der Waals surface area contributed by atoms with Crippen molar-refractivity contribution in [2.75, 3.05) is 6.54 Å². The second-order valence-corrected chi connectivity index (χ2v) is 9.65. The van der Waals surface area contributed by atoms with Crippen LogP contribution in [0.2, 0.25) is 0 Å². The topological polar surface area (TPSA) is 92.7 Å². The third-order valence-electron chi connectivity index (χ3n) is 6.15. The SMILES string of the molecule is CCC/C=C\C(CCCCCCC(=O)NCC(=O)O)OC(=O)CCCCCCCCCCCCC. The molecule has 0 rings (SSSR count). The molecule has 0 saturated carbocycles. The highest BCUT2D eigenvalue weighted by Gasteiger charge is 2.11. The van der Waals surface area contributed by atoms with Gasteiger partial charge < -0.3 is 15.2 Å². The third kappa shape index (κ3) is 25.1. The minimum atomic E-state index is -1.03. The van der Waals surface area contributed by atoms with Crippen LogP contribution >= 0.6 is 0 Å². The summed E-state index contributed by atoms with van der Waals surface area (Å²) in [6.45, 7) is 4.06. The number of carboxylic acid groups (broad SMARTS) is 1. The molecule has 0 bridgehead atoms. The maximum Gasteiger partial charge on any atom is 0.322 e. The minimum Gasteiger partial charge on any atom is -0.480 e. The van der Waals surface area contributed by atoms with E-state index in [0.717, 1.165) is 57.8 Å². The Bertz CT molecular complexity index is 561. The molecule has 1 amide bonds. The lowest BCUT2D eigenvalue weighted by molar-refractivity contribution is -0.147. The van der Waals surface area contributed by atoms with E-state index in [9.17, 15) is 14.4 Å². The van der Waals surface area contributed by atoms with Crippen molar-refractivity contribution < 1.29 is 24.2 Å². The summed E-state index contributed by atoms with van der Waals surface area (Å²) in [5, 5.41) is 10.9. The molecule has 35 heavy (non-hydrogen) atoms. The van der Waals surface area contributed by atoms with Gasteiger partial charge in [-0.15, -0.1) is 0 Å². The zero-order valence-corrected chi connectivity index (χ0v) is 22.7. The summed E-state index contributed by atoms with van der Waals surface area (Å²) >= 11 is 0. The molecule has 0 aliphatic rings. The first-order chi connectivity index (χ1) is 17.0. The molecule has 0 radical (unpaired) electrons. The fraction of sp³-hybridized carbons (Fsp3) is 0.828. The first-order valence-corrected chi connectivity index (χ1v) is 14.3. The van der Waals surface area contributed by atoms with Crippen LogP contribution in [0.25, 0.3) is 0 Å². The number of rotatable bonds is 25. The Kier molecular flexibility index (Phi) is 23.9. The highest BCUT2D eigenvalue weighted by Crippen LogP contribution is 2.15. The van der Waals surface area contributed by atoms with Crippen molar-refractivity contribution in [3.63, 3.8) is 0 Å². The number of amides is 1. The summed E-state index contributed by atoms with van der Waals surface area (Å²) in [6.07, 6.45) is 25.1. The van der Waals surface area contributed by atoms with Crippen LogP contribution in [0.4, 0.5) is 0 Å². The van der Waals surface area contributed by atoms with Crippen LogP contribution in [0, 0.1) is 0 Å². The van der Waals surface area contributed by atoms with Gasteiger partial charge in [-0.3, -0.25) is 14.4 Å². The van der Waals surface area contributed by atoms with E-state index in [2.05, 4.69) is 25.2 Å². The molecule has 1 atom stereocenters. The lowest BCUT2D eigenvalue weighted by atomic mass is 10.1. The number of carbonyl (C=O) groups excluding carboxylic acids is 2. The van der Waals surface area contributed by atoms with Crippen LogP contribution in [-0.4, -0.2) is 35.6 Å². The lowest BCUT2D eigenvalue weighted by Gasteiger charge is -2.15. The fourth-order valence-electron chi connectivity index (χ4n) is 4.02. The summed E-state index contributed by atoms with van der Waals surface area (Å²) in [7, 11) is 0. The Morgan fingerprint density at radius 2 is 1.29 bits per heavy atom. The zero-order chi connectivity index (χ0) is 26.0. The number of esters is 1. The molecule has 1 unspecified atom stereocenters. The van der Waals surface area contributed by atoms with Crippen molar-refractivity contribution in [1.29, 1.82) is 0 Å². The monoisotopic (exact) mass is 495 g/mol. The van der Waals surface area contributed by atoms with Gasteiger partial charge in [0.15, 0.2) is 0 Å². The van der Waals surface area contributed by atoms with E-state index in [1.807, 2.05) is 6.08 Å². The second-order valence-electron chi connectivity index (χ2n) is 9.65. The highest BCUT2D eigenvalue weighted by atomic mass is 16.5. The van der Waals surface area contributed by atoms with Crippen molar-refractivity contribution in [2.24, 2.45) is 0 Å². The minimum absolute atomic E-state index is 0.0952. The lowest BCUT2D eigenvalue weighted by Crippen LogP contribution is -2.28. The van der Waals surface area contributed by atoms with Gasteiger partial charge in [-0.2, -0.15) is 0 Å². The molecule has 0 saturated heterocycles. The Balaban J connectivity index is 3.92. The predicted octanol–water partition coefficient (Wildman–Crippen LogP) is 7.50. The molecular formula is C29H53NO5. The molecule has 0 aromatic rings. The highest BCUT2D eigenvalue weighted by molar-refractivity contribution is 5.80. The van der Waals surface area contributed by atoms with Crippen molar-refractivity contribution in [3.8, 4) is 0 Å². The molecule has 0 fully saturated rings. The molecule has 0 spiro atoms. The molecule has 0 aromatic carbocycles. The molecule has 0 aliphatic heterocycles. The number of allylic oxidation sites excluding steroid dienone is 1. The third-order valence-corrected chi connectivity index (χ3v) is 6.15. The second kappa shape index (κ2) is 25.2. The number of ether oxygens (including phenoxy) is 1. The maximum absolute atomic E-state index is 12.3. The number of aliphatic carboxylic acids is 1. The molecule has 6 nitrogen and oxygen atoms in total. The van der Waals surface area contributed by atoms with Gasteiger partial charge in [-0.05, 0) is 38.2 Å². The number of hydrogen-bond acceptors (Lipinski definition) is 4. The van der Waals surface area contributed by atoms with Gasteiger partial charge >= 0.3 is 11.9 Å². The summed E-state index contributed by atoms with van der Waals surface area (Å²) in [4.78, 5) is 34.3. The Labute approximate surface area is 214 Å². The Hall–Kier alpha value is -1.85. The number of carboxylic acids is 1. The fourth-order valence-corrected chi connectivity index (χ4v) is 4.02. The van der Waals surface area contributed by atoms with Gasteiger partial charge in [0, 0.05) is 12.8 Å². The smallest absolute Gasteiger partial charge is 0.322 e. The van der Waals surface area contributed by atoms with Crippen molar-refractivity contribution in [2.45, 2.75) is 148 Å². The molecule has 6 heteroatoms. The van der Waals surface area contributed by atoms with E-state index in [1.165, 1.54) is 57.8 Å². The number of carbonyl (C=O) groups is 3. The van der Waals surface area contributed by atoms with Crippen molar-refractivity contribution in [1.82, 2.24) is 5.32 Å². The zero-order valence-electron chi connectivity index (χ0n) is 22.7. The van der Waals surface area contributed by atoms with Gasteiger partial charge in [0.25, 0.3) is 0 Å². The average Bonchev–Trinajstić information content (AvgIpc) is 2.83. The van der Waals surface area contributed by atoms with Crippen LogP contribution in [0.3, 0.4) is 0 Å². The largest absolute Gasteiger partial charge is 0.480 e. The van der Waals surface area contributed by atoms with Crippen LogP contribution in [0.15, 0.2) is 12.2 Å². The van der Waals surface area contributed by atoms with Crippen molar-refractivity contribution in [3.05, 3.63) is 12.2 Å². The van der Waals surface area contributed by atoms with Crippen LogP contribution in [0.5, 0.6) is 0 Å². The van der Waals surface area contributed by atoms with Crippen LogP contribution in [-0.2, 0) is 19.1 Å². The van der Waals surface area contributed by atoms with E-state index < -0.39 is 5.97 Å². The van der Waals surface area contributed by atoms with Gasteiger partial charge in [0.2, 0.25) is 5.91 Å². The number of nitrogens with one attached hydrogen (secondary N) is 1. The quantitative estimate of drug-likeness (QED) is 0.0777. The Morgan fingerprint density at radius 3 is 1.86 bits per heavy atom. The van der Waals surface area contributed by atoms with Crippen molar-refractivity contribution >= 4 is 17.8 Å². The maximum atomic E-state index is 12.3. The molecule has 2 N–H and O–H groups in total. The van der Waals surface area contributed by atoms with E-state index in [4.69, 9.17) is 9.84 Å². The number of unbranched alkanes of at least 4 members (excludes halogenated alkanes) is 14. The summed E-state index contributed by atoms with van der Waals surface area (Å²) in [6, 6.07) is 0. The average molecular weight is 496 g/mol. The van der Waals surface area contributed by atoms with E-state index in [-0.39, 0.29) is 24.5 Å². The van der Waals surface area contributed by atoms with Gasteiger partial charge in [0.05, 0.1) is 0 Å². The van der Waals surface area contributed by atoms with Gasteiger partial charge in [-0.1, -0.05) is 103 Å². The summed E-state index contributed by atoms with van der Waals surface area (Å²) in [5.41, 5.74) is 0. The van der Waals surface area contributed by atoms with E-state index in [0.29, 0.717) is 12.8 Å². The van der Waals surface area contributed by atoms with Gasteiger partial charge in [0.1, 0.15) is 12.6 Å². The standard InChI is InChI=1S/C29H53NO5/c1-3-5-7-8-9-10-11-12-13-14-20-24-29(34)35-26(21-17-6-4-2)22-18-15-16-19-23-27(31)30-25-28(32)33/h17,21,26H,3-16,18-20,22-25H2,1-2H3,(H,30,31)(H,32,33)/b21-17-. The normalized spacial score (nSPS) is 12.1. The van der Waals surface area contributed by atoms with E-state index >= 15 is 0 Å². The van der Waals surface area contributed by atoms with Gasteiger partial charge in [-0.25, -0.2) is 0 Å².